The van der Waals surface area contributed by atoms with E-state index in [0.717, 1.165) is 25.2 Å². The summed E-state index contributed by atoms with van der Waals surface area (Å²) < 4.78 is 31.2. The third-order valence-electron chi connectivity index (χ3n) is 6.35. The van der Waals surface area contributed by atoms with Crippen molar-refractivity contribution in [2.45, 2.75) is 45.7 Å². The standard InChI is InChI=1S/C25H27F2N7O/c1-4-33-23(35)18-13-29-24(30-17-6-5-16-12-28-10-9-15(16)11-17)32-22(18)34(33)20-8-7-19(27)21(31-20)25(2,3)14-26/h5-8,11,13,28H,4,9-10,12,14H2,1-3H3,(H,29,30,32). The van der Waals surface area contributed by atoms with E-state index >= 15 is 0 Å². The molecule has 0 aliphatic carbocycles. The van der Waals surface area contributed by atoms with Crippen LogP contribution in [0.15, 0.2) is 41.3 Å². The van der Waals surface area contributed by atoms with Crippen LogP contribution in [0.3, 0.4) is 0 Å². The Balaban J connectivity index is 1.62. The fourth-order valence-corrected chi connectivity index (χ4v) is 4.38. The summed E-state index contributed by atoms with van der Waals surface area (Å²) in [7, 11) is 0. The highest BCUT2D eigenvalue weighted by Crippen LogP contribution is 2.27. The van der Waals surface area contributed by atoms with E-state index in [2.05, 4.69) is 37.7 Å². The van der Waals surface area contributed by atoms with Gasteiger partial charge in [-0.25, -0.2) is 23.7 Å². The molecule has 0 radical (unpaired) electrons. The molecule has 5 rings (SSSR count). The van der Waals surface area contributed by atoms with Gasteiger partial charge in [-0.05, 0) is 55.3 Å². The molecule has 0 saturated heterocycles. The molecule has 0 spiro atoms. The van der Waals surface area contributed by atoms with Gasteiger partial charge >= 0.3 is 0 Å². The number of fused-ring (bicyclic) bond motifs is 2. The molecular formula is C25H27F2N7O. The van der Waals surface area contributed by atoms with Gasteiger partial charge in [0.1, 0.15) is 17.9 Å². The molecule has 0 fully saturated rings. The fourth-order valence-electron chi connectivity index (χ4n) is 4.38. The Hall–Kier alpha value is -3.66. The number of anilines is 2. The number of rotatable bonds is 6. The van der Waals surface area contributed by atoms with Crippen molar-refractivity contribution in [2.75, 3.05) is 18.5 Å². The highest BCUT2D eigenvalue weighted by molar-refractivity contribution is 5.77. The van der Waals surface area contributed by atoms with Crippen LogP contribution >= 0.6 is 0 Å². The Bertz CT molecular complexity index is 1470. The summed E-state index contributed by atoms with van der Waals surface area (Å²) in [5.74, 6) is 0.000430. The summed E-state index contributed by atoms with van der Waals surface area (Å²) >= 11 is 0. The maximum absolute atomic E-state index is 14.5. The van der Waals surface area contributed by atoms with Gasteiger partial charge in [0, 0.05) is 30.4 Å². The summed E-state index contributed by atoms with van der Waals surface area (Å²) in [6.07, 6.45) is 2.42. The van der Waals surface area contributed by atoms with Gasteiger partial charge in [0.05, 0.1) is 5.69 Å². The number of hydrogen-bond donors (Lipinski definition) is 2. The fraction of sp³-hybridized carbons (Fsp3) is 0.360. The van der Waals surface area contributed by atoms with Crippen molar-refractivity contribution in [3.8, 4) is 5.82 Å². The van der Waals surface area contributed by atoms with E-state index in [-0.39, 0.29) is 17.1 Å². The smallest absolute Gasteiger partial charge is 0.278 e. The predicted molar refractivity (Wildman–Crippen MR) is 131 cm³/mol. The van der Waals surface area contributed by atoms with Gasteiger partial charge in [0.2, 0.25) is 5.95 Å². The van der Waals surface area contributed by atoms with E-state index in [9.17, 15) is 13.6 Å². The molecule has 8 nitrogen and oxygen atoms in total. The van der Waals surface area contributed by atoms with Crippen LogP contribution in [0.25, 0.3) is 16.9 Å². The number of halogens is 2. The first kappa shape index (κ1) is 23.1. The average Bonchev–Trinajstić information content (AvgIpc) is 3.15. The molecule has 0 bridgehead atoms. The van der Waals surface area contributed by atoms with Crippen molar-refractivity contribution in [2.24, 2.45) is 0 Å². The number of hydrogen-bond acceptors (Lipinski definition) is 6. The monoisotopic (exact) mass is 479 g/mol. The molecule has 182 valence electrons. The SMILES string of the molecule is CCn1c(=O)c2cnc(Nc3ccc4c(c3)CCNC4)nc2n1-c1ccc(F)c(C(C)(C)CF)n1. The van der Waals surface area contributed by atoms with Crippen molar-refractivity contribution in [3.05, 3.63) is 69.5 Å². The number of nitrogens with zero attached hydrogens (tertiary/aromatic N) is 5. The molecular weight excluding hydrogens is 452 g/mol. The van der Waals surface area contributed by atoms with Gasteiger partial charge < -0.3 is 10.6 Å². The third-order valence-corrected chi connectivity index (χ3v) is 6.35. The minimum Gasteiger partial charge on any atom is -0.324 e. The Morgan fingerprint density at radius 1 is 1.17 bits per heavy atom. The average molecular weight is 480 g/mol. The van der Waals surface area contributed by atoms with Crippen molar-refractivity contribution in [3.63, 3.8) is 0 Å². The summed E-state index contributed by atoms with van der Waals surface area (Å²) in [6, 6.07) is 8.83. The summed E-state index contributed by atoms with van der Waals surface area (Å²) in [6.45, 7) is 6.32. The molecule has 35 heavy (non-hydrogen) atoms. The molecule has 1 aliphatic rings. The molecule has 1 aromatic carbocycles. The van der Waals surface area contributed by atoms with Crippen LogP contribution < -0.4 is 16.2 Å². The maximum atomic E-state index is 14.5. The quantitative estimate of drug-likeness (QED) is 0.438. The zero-order chi connectivity index (χ0) is 24.7. The highest BCUT2D eigenvalue weighted by atomic mass is 19.1. The first-order valence-electron chi connectivity index (χ1n) is 11.6. The molecule has 0 amide bonds. The van der Waals surface area contributed by atoms with Gasteiger partial charge in [-0.15, -0.1) is 0 Å². The Labute approximate surface area is 201 Å². The van der Waals surface area contributed by atoms with E-state index in [1.54, 1.807) is 18.5 Å². The second-order valence-electron chi connectivity index (χ2n) is 9.32. The van der Waals surface area contributed by atoms with E-state index in [1.165, 1.54) is 34.1 Å². The first-order valence-corrected chi connectivity index (χ1v) is 11.6. The second kappa shape index (κ2) is 8.84. The van der Waals surface area contributed by atoms with Crippen LogP contribution in [0.2, 0.25) is 0 Å². The van der Waals surface area contributed by atoms with Crippen LogP contribution in [-0.2, 0) is 24.9 Å². The molecule has 0 atom stereocenters. The number of alkyl halides is 1. The highest BCUT2D eigenvalue weighted by Gasteiger charge is 2.28. The van der Waals surface area contributed by atoms with Crippen LogP contribution in [0.5, 0.6) is 0 Å². The lowest BCUT2D eigenvalue weighted by molar-refractivity contribution is 0.332. The predicted octanol–water partition coefficient (Wildman–Crippen LogP) is 3.77. The topological polar surface area (TPSA) is 89.7 Å². The number of nitrogens with one attached hydrogen (secondary N) is 2. The van der Waals surface area contributed by atoms with Gasteiger partial charge in [-0.1, -0.05) is 19.9 Å². The largest absolute Gasteiger partial charge is 0.324 e. The van der Waals surface area contributed by atoms with Crippen molar-refractivity contribution in [1.82, 2.24) is 29.6 Å². The van der Waals surface area contributed by atoms with Gasteiger partial charge in [-0.2, -0.15) is 4.98 Å². The lowest BCUT2D eigenvalue weighted by atomic mass is 9.90. The normalized spacial score (nSPS) is 13.7. The lowest BCUT2D eigenvalue weighted by Crippen LogP contribution is -2.26. The number of aromatic nitrogens is 5. The van der Waals surface area contributed by atoms with Crippen LogP contribution in [0.4, 0.5) is 20.4 Å². The number of pyridine rings is 1. The van der Waals surface area contributed by atoms with Crippen molar-refractivity contribution >= 4 is 22.7 Å². The van der Waals surface area contributed by atoms with Crippen LogP contribution in [0, 0.1) is 5.82 Å². The summed E-state index contributed by atoms with van der Waals surface area (Å²) in [5, 5.41) is 6.90. The molecule has 4 heterocycles. The van der Waals surface area contributed by atoms with Crippen LogP contribution in [-0.4, -0.2) is 37.5 Å². The maximum Gasteiger partial charge on any atom is 0.278 e. The molecule has 10 heteroatoms. The molecule has 3 aromatic heterocycles. The van der Waals surface area contributed by atoms with E-state index < -0.39 is 17.9 Å². The van der Waals surface area contributed by atoms with Crippen LogP contribution in [0.1, 0.15) is 37.6 Å². The van der Waals surface area contributed by atoms with Gasteiger partial charge in [0.25, 0.3) is 5.56 Å². The zero-order valence-electron chi connectivity index (χ0n) is 19.9. The third kappa shape index (κ3) is 4.07. The second-order valence-corrected chi connectivity index (χ2v) is 9.32. The number of benzene rings is 1. The zero-order valence-corrected chi connectivity index (χ0v) is 19.9. The Morgan fingerprint density at radius 2 is 2.00 bits per heavy atom. The molecule has 4 aromatic rings. The van der Waals surface area contributed by atoms with E-state index in [4.69, 9.17) is 0 Å². The minimum absolute atomic E-state index is 0.00888. The first-order chi connectivity index (χ1) is 16.8. The van der Waals surface area contributed by atoms with Gasteiger partial charge in [0.15, 0.2) is 11.5 Å². The van der Waals surface area contributed by atoms with Crippen molar-refractivity contribution < 1.29 is 8.78 Å². The van der Waals surface area contributed by atoms with Gasteiger partial charge in [-0.3, -0.25) is 9.18 Å². The Morgan fingerprint density at radius 3 is 2.77 bits per heavy atom. The van der Waals surface area contributed by atoms with E-state index in [1.807, 2.05) is 13.0 Å². The lowest BCUT2D eigenvalue weighted by Gasteiger charge is -2.21. The molecule has 1 aliphatic heterocycles. The van der Waals surface area contributed by atoms with Crippen molar-refractivity contribution in [1.29, 1.82) is 0 Å². The molecule has 0 saturated carbocycles. The summed E-state index contributed by atoms with van der Waals surface area (Å²) in [5.41, 5.74) is 2.30. The Kier molecular flexibility index (Phi) is 5.84. The van der Waals surface area contributed by atoms with E-state index in [0.29, 0.717) is 23.5 Å². The molecule has 0 unspecified atom stereocenters. The molecule has 2 N–H and O–H groups in total. The minimum atomic E-state index is -1.12. The summed E-state index contributed by atoms with van der Waals surface area (Å²) in [4.78, 5) is 26.5.